The maximum Gasteiger partial charge on any atom is 0.216 e. The van der Waals surface area contributed by atoms with Crippen molar-refractivity contribution in [3.63, 3.8) is 0 Å². The molecule has 25 heavy (non-hydrogen) atoms. The lowest BCUT2D eigenvalue weighted by Gasteiger charge is -2.01. The Hall–Kier alpha value is -2.41. The van der Waals surface area contributed by atoms with E-state index in [2.05, 4.69) is 20.3 Å². The van der Waals surface area contributed by atoms with Gasteiger partial charge in [-0.2, -0.15) is 14.9 Å². The highest BCUT2D eigenvalue weighted by atomic mass is 35.5. The fraction of sp³-hybridized carbons (Fsp3) is 0. The first-order chi connectivity index (χ1) is 12.1. The van der Waals surface area contributed by atoms with Gasteiger partial charge in [-0.3, -0.25) is 0 Å². The number of hydrogen-bond acceptors (Lipinski definition) is 3. The first kappa shape index (κ1) is 16.1. The Morgan fingerprint density at radius 2 is 2.00 bits per heavy atom. The van der Waals surface area contributed by atoms with Crippen LogP contribution < -0.4 is 0 Å². The number of fused-ring (bicyclic) bond motifs is 1. The summed E-state index contributed by atoms with van der Waals surface area (Å²) in [5.74, 6) is 0.615. The monoisotopic (exact) mass is 387 g/mol. The molecular weight excluding hydrogens is 377 g/mol. The number of benzene rings is 2. The summed E-state index contributed by atoms with van der Waals surface area (Å²) < 4.78 is 1.96. The molecule has 2 N–H and O–H groups in total. The summed E-state index contributed by atoms with van der Waals surface area (Å²) in [7, 11) is 0. The summed E-state index contributed by atoms with van der Waals surface area (Å²) in [5.41, 5.74) is 2.66. The van der Waals surface area contributed by atoms with E-state index in [0.717, 1.165) is 22.0 Å². The second kappa shape index (κ2) is 6.48. The van der Waals surface area contributed by atoms with Crippen LogP contribution in [0, 0.1) is 4.77 Å². The third-order valence-corrected chi connectivity index (χ3v) is 4.58. The minimum atomic E-state index is 0.390. The van der Waals surface area contributed by atoms with Crippen LogP contribution in [0.1, 0.15) is 5.56 Å². The van der Waals surface area contributed by atoms with Crippen molar-refractivity contribution in [3.8, 4) is 11.4 Å². The molecule has 0 saturated heterocycles. The molecule has 0 amide bonds. The van der Waals surface area contributed by atoms with E-state index in [4.69, 9.17) is 35.4 Å². The molecule has 0 unspecified atom stereocenters. The molecule has 0 spiro atoms. The number of rotatable bonds is 3. The zero-order valence-electron chi connectivity index (χ0n) is 12.7. The van der Waals surface area contributed by atoms with Gasteiger partial charge in [-0.15, -0.1) is 0 Å². The third-order valence-electron chi connectivity index (χ3n) is 3.76. The van der Waals surface area contributed by atoms with Crippen molar-refractivity contribution in [3.05, 3.63) is 69.0 Å². The van der Waals surface area contributed by atoms with E-state index >= 15 is 0 Å². The molecular formula is C17H11Cl2N5S. The molecule has 0 fully saturated rings. The molecule has 2 heterocycles. The second-order valence-electron chi connectivity index (χ2n) is 5.32. The lowest BCUT2D eigenvalue weighted by molar-refractivity contribution is 0.872. The van der Waals surface area contributed by atoms with Crippen LogP contribution in [0.5, 0.6) is 0 Å². The van der Waals surface area contributed by atoms with Gasteiger partial charge in [0.15, 0.2) is 5.82 Å². The summed E-state index contributed by atoms with van der Waals surface area (Å²) >= 11 is 17.4. The number of nitrogens with one attached hydrogen (secondary N) is 2. The third kappa shape index (κ3) is 3.00. The van der Waals surface area contributed by atoms with Crippen molar-refractivity contribution >= 4 is 52.5 Å². The van der Waals surface area contributed by atoms with Crippen LogP contribution in [0.3, 0.4) is 0 Å². The van der Waals surface area contributed by atoms with Gasteiger partial charge in [0, 0.05) is 33.2 Å². The minimum absolute atomic E-state index is 0.390. The molecule has 4 aromatic rings. The van der Waals surface area contributed by atoms with Gasteiger partial charge in [0.25, 0.3) is 0 Å². The number of H-pyrrole nitrogens is 2. The first-order valence-electron chi connectivity index (χ1n) is 7.37. The van der Waals surface area contributed by atoms with Crippen LogP contribution in [-0.2, 0) is 0 Å². The van der Waals surface area contributed by atoms with Gasteiger partial charge in [0.2, 0.25) is 4.77 Å². The Morgan fingerprint density at radius 1 is 1.16 bits per heavy atom. The van der Waals surface area contributed by atoms with Crippen molar-refractivity contribution < 1.29 is 0 Å². The molecule has 2 aromatic carbocycles. The Kier molecular flexibility index (Phi) is 4.17. The van der Waals surface area contributed by atoms with Crippen molar-refractivity contribution in [2.75, 3.05) is 0 Å². The highest BCUT2D eigenvalue weighted by Crippen LogP contribution is 2.27. The van der Waals surface area contributed by atoms with Crippen LogP contribution in [0.15, 0.2) is 53.8 Å². The molecule has 0 bridgehead atoms. The van der Waals surface area contributed by atoms with Crippen LogP contribution in [-0.4, -0.2) is 26.1 Å². The SMILES string of the molecule is S=c1[nH]nc(-c2c[nH]c3ccccc23)n1/N=C/c1ccc(Cl)cc1Cl. The fourth-order valence-corrected chi connectivity index (χ4v) is 3.19. The van der Waals surface area contributed by atoms with Crippen LogP contribution in [0.25, 0.3) is 22.3 Å². The number of hydrogen-bond donors (Lipinski definition) is 2. The van der Waals surface area contributed by atoms with Gasteiger partial charge in [-0.1, -0.05) is 47.5 Å². The van der Waals surface area contributed by atoms with Gasteiger partial charge in [0.05, 0.1) is 11.2 Å². The van der Waals surface area contributed by atoms with Gasteiger partial charge in [0.1, 0.15) is 0 Å². The van der Waals surface area contributed by atoms with Gasteiger partial charge >= 0.3 is 0 Å². The summed E-state index contributed by atoms with van der Waals surface area (Å²) in [5, 5.41) is 13.7. The number of aromatic amines is 2. The summed E-state index contributed by atoms with van der Waals surface area (Å²) in [6.45, 7) is 0. The molecule has 0 radical (unpaired) electrons. The summed E-state index contributed by atoms with van der Waals surface area (Å²) in [4.78, 5) is 3.22. The molecule has 0 aliphatic heterocycles. The number of halogens is 2. The average molecular weight is 388 g/mol. The minimum Gasteiger partial charge on any atom is -0.360 e. The average Bonchev–Trinajstić information content (AvgIpc) is 3.18. The summed E-state index contributed by atoms with van der Waals surface area (Å²) in [6, 6.07) is 13.2. The Balaban J connectivity index is 1.80. The van der Waals surface area contributed by atoms with E-state index < -0.39 is 0 Å². The normalized spacial score (nSPS) is 11.6. The molecule has 2 aromatic heterocycles. The zero-order chi connectivity index (χ0) is 17.4. The number of aromatic nitrogens is 4. The highest BCUT2D eigenvalue weighted by Gasteiger charge is 2.13. The highest BCUT2D eigenvalue weighted by molar-refractivity contribution is 7.71. The van der Waals surface area contributed by atoms with E-state index in [-0.39, 0.29) is 0 Å². The zero-order valence-corrected chi connectivity index (χ0v) is 15.0. The van der Waals surface area contributed by atoms with E-state index in [1.165, 1.54) is 0 Å². The lowest BCUT2D eigenvalue weighted by atomic mass is 10.2. The van der Waals surface area contributed by atoms with E-state index in [1.807, 2.05) is 30.5 Å². The standard InChI is InChI=1S/C17H11Cl2N5S/c18-11-6-5-10(14(19)7-11)8-21-24-16(22-23-17(24)25)13-9-20-15-4-2-1-3-12(13)15/h1-9,20H,(H,23,25)/b21-8+. The van der Waals surface area contributed by atoms with Crippen molar-refractivity contribution in [1.82, 2.24) is 19.9 Å². The summed E-state index contributed by atoms with van der Waals surface area (Å²) in [6.07, 6.45) is 3.51. The van der Waals surface area contributed by atoms with Gasteiger partial charge in [-0.25, -0.2) is 5.10 Å². The molecule has 5 nitrogen and oxygen atoms in total. The molecule has 124 valence electrons. The maximum atomic E-state index is 6.19. The van der Waals surface area contributed by atoms with E-state index in [0.29, 0.717) is 20.6 Å². The lowest BCUT2D eigenvalue weighted by Crippen LogP contribution is -1.95. The molecule has 8 heteroatoms. The molecule has 0 saturated carbocycles. The van der Waals surface area contributed by atoms with Gasteiger partial charge < -0.3 is 4.98 Å². The maximum absolute atomic E-state index is 6.19. The second-order valence-corrected chi connectivity index (χ2v) is 6.55. The van der Waals surface area contributed by atoms with Gasteiger partial charge in [-0.05, 0) is 30.4 Å². The fourth-order valence-electron chi connectivity index (χ4n) is 2.56. The molecule has 0 atom stereocenters. The largest absolute Gasteiger partial charge is 0.360 e. The molecule has 4 rings (SSSR count). The number of para-hydroxylation sites is 1. The van der Waals surface area contributed by atoms with Crippen molar-refractivity contribution in [1.29, 1.82) is 0 Å². The predicted molar refractivity (Wildman–Crippen MR) is 104 cm³/mol. The molecule has 0 aliphatic rings. The van der Waals surface area contributed by atoms with E-state index in [1.54, 1.807) is 29.1 Å². The Morgan fingerprint density at radius 3 is 2.84 bits per heavy atom. The number of nitrogens with zero attached hydrogens (tertiary/aromatic N) is 3. The van der Waals surface area contributed by atoms with Crippen LogP contribution in [0.4, 0.5) is 0 Å². The predicted octanol–water partition coefficient (Wildman–Crippen LogP) is 5.28. The first-order valence-corrected chi connectivity index (χ1v) is 8.53. The topological polar surface area (TPSA) is 61.8 Å². The quantitative estimate of drug-likeness (QED) is 0.371. The van der Waals surface area contributed by atoms with Crippen molar-refractivity contribution in [2.45, 2.75) is 0 Å². The van der Waals surface area contributed by atoms with Crippen molar-refractivity contribution in [2.24, 2.45) is 5.10 Å². The smallest absolute Gasteiger partial charge is 0.216 e. The van der Waals surface area contributed by atoms with E-state index in [9.17, 15) is 0 Å². The van der Waals surface area contributed by atoms with Crippen LogP contribution >= 0.6 is 35.4 Å². The molecule has 0 aliphatic carbocycles. The Labute approximate surface area is 157 Å². The Bertz CT molecular complexity index is 1160. The van der Waals surface area contributed by atoms with Crippen LogP contribution in [0.2, 0.25) is 10.0 Å².